The van der Waals surface area contributed by atoms with E-state index >= 15 is 0 Å². The normalized spacial score (nSPS) is 18.8. The fraction of sp³-hybridized carbons (Fsp3) is 0.615. The summed E-state index contributed by atoms with van der Waals surface area (Å²) in [6.07, 6.45) is 3.97. The lowest BCUT2D eigenvalue weighted by atomic mass is 9.99. The molecular weight excluding hydrogens is 240 g/mol. The number of aryl methyl sites for hydroxylation is 2. The molecule has 0 aromatic carbocycles. The van der Waals surface area contributed by atoms with Gasteiger partial charge in [0.05, 0.1) is 0 Å². The van der Waals surface area contributed by atoms with Crippen molar-refractivity contribution in [3.63, 3.8) is 0 Å². The number of aromatic nitrogens is 3. The molecule has 2 N–H and O–H groups in total. The maximum Gasteiger partial charge on any atom is 0.191 e. The monoisotopic (exact) mass is 262 g/mol. The van der Waals surface area contributed by atoms with E-state index in [1.807, 2.05) is 13.0 Å². The molecule has 6 heteroatoms. The molecule has 1 atom stereocenters. The van der Waals surface area contributed by atoms with Crippen LogP contribution in [-0.4, -0.2) is 40.9 Å². The van der Waals surface area contributed by atoms with Gasteiger partial charge in [-0.05, 0) is 19.3 Å². The van der Waals surface area contributed by atoms with Gasteiger partial charge >= 0.3 is 0 Å². The number of nitrogens with zero attached hydrogens (tertiary/aromatic N) is 4. The predicted molar refractivity (Wildman–Crippen MR) is 76.1 cm³/mol. The first-order valence-corrected chi connectivity index (χ1v) is 6.68. The first-order chi connectivity index (χ1) is 9.24. The van der Waals surface area contributed by atoms with Crippen LogP contribution in [0.1, 0.15) is 18.1 Å². The summed E-state index contributed by atoms with van der Waals surface area (Å²) in [5.41, 5.74) is 0. The van der Waals surface area contributed by atoms with Crippen molar-refractivity contribution in [3.05, 3.63) is 24.3 Å². The van der Waals surface area contributed by atoms with Crippen LogP contribution in [0.2, 0.25) is 0 Å². The molecule has 1 aromatic rings. The Bertz CT molecular complexity index is 462. The predicted octanol–water partition coefficient (Wildman–Crippen LogP) is 0.500. The third-order valence-electron chi connectivity index (χ3n) is 3.42. The summed E-state index contributed by atoms with van der Waals surface area (Å²) in [4.78, 5) is 4.18. The van der Waals surface area contributed by atoms with Gasteiger partial charge in [-0.2, -0.15) is 0 Å². The van der Waals surface area contributed by atoms with E-state index in [9.17, 15) is 0 Å². The van der Waals surface area contributed by atoms with Crippen molar-refractivity contribution >= 4 is 5.96 Å². The minimum absolute atomic E-state index is 0.587. The van der Waals surface area contributed by atoms with Gasteiger partial charge in [-0.3, -0.25) is 4.99 Å². The number of nitrogens with one attached hydrogen (secondary N) is 2. The average molecular weight is 262 g/mol. The minimum Gasteiger partial charge on any atom is -0.356 e. The molecule has 0 saturated carbocycles. The van der Waals surface area contributed by atoms with Gasteiger partial charge < -0.3 is 15.2 Å². The highest BCUT2D eigenvalue weighted by Gasteiger charge is 2.21. The summed E-state index contributed by atoms with van der Waals surface area (Å²) in [5, 5.41) is 14.8. The van der Waals surface area contributed by atoms with Crippen molar-refractivity contribution in [2.45, 2.75) is 26.3 Å². The van der Waals surface area contributed by atoms with E-state index < -0.39 is 0 Å². The Morgan fingerprint density at radius 3 is 3.11 bits per heavy atom. The maximum atomic E-state index is 4.19. The minimum atomic E-state index is 0.587. The van der Waals surface area contributed by atoms with Crippen molar-refractivity contribution in [1.82, 2.24) is 25.4 Å². The fourth-order valence-corrected chi connectivity index (χ4v) is 2.33. The standard InChI is InChI=1S/C13H22N6/c1-4-7-15-13(14-3)16-8-11-5-6-12-18-17-10(2)19(12)9-11/h4,11H,1,5-9H2,2-3H3,(H2,14,15,16). The van der Waals surface area contributed by atoms with Gasteiger partial charge in [-0.15, -0.1) is 16.8 Å². The third kappa shape index (κ3) is 3.33. The van der Waals surface area contributed by atoms with Crippen LogP contribution in [0.15, 0.2) is 17.6 Å². The molecule has 0 aliphatic carbocycles. The molecule has 0 radical (unpaired) electrons. The lowest BCUT2D eigenvalue weighted by molar-refractivity contribution is 0.358. The Balaban J connectivity index is 1.85. The molecule has 0 bridgehead atoms. The number of guanidine groups is 1. The molecule has 0 spiro atoms. The molecule has 19 heavy (non-hydrogen) atoms. The van der Waals surface area contributed by atoms with Gasteiger partial charge in [0.1, 0.15) is 11.6 Å². The van der Waals surface area contributed by atoms with Crippen LogP contribution >= 0.6 is 0 Å². The number of hydrogen-bond donors (Lipinski definition) is 2. The summed E-state index contributed by atoms with van der Waals surface area (Å²) in [7, 11) is 1.78. The molecule has 1 aliphatic heterocycles. The number of hydrogen-bond acceptors (Lipinski definition) is 3. The second-order valence-electron chi connectivity index (χ2n) is 4.80. The van der Waals surface area contributed by atoms with Crippen molar-refractivity contribution in [1.29, 1.82) is 0 Å². The lowest BCUT2D eigenvalue weighted by Crippen LogP contribution is -2.41. The van der Waals surface area contributed by atoms with E-state index in [1.165, 1.54) is 0 Å². The van der Waals surface area contributed by atoms with Gasteiger partial charge in [0.25, 0.3) is 0 Å². The summed E-state index contributed by atoms with van der Waals surface area (Å²) < 4.78 is 2.22. The number of rotatable bonds is 4. The molecule has 1 aromatic heterocycles. The molecule has 2 rings (SSSR count). The summed E-state index contributed by atoms with van der Waals surface area (Å²) in [6, 6.07) is 0. The van der Waals surface area contributed by atoms with Gasteiger partial charge in [-0.25, -0.2) is 0 Å². The van der Waals surface area contributed by atoms with Crippen LogP contribution in [0, 0.1) is 12.8 Å². The topological polar surface area (TPSA) is 67.1 Å². The summed E-state index contributed by atoms with van der Waals surface area (Å²) in [6.45, 7) is 8.31. The molecule has 1 aliphatic rings. The van der Waals surface area contributed by atoms with Gasteiger partial charge in [0, 0.05) is 33.1 Å². The largest absolute Gasteiger partial charge is 0.356 e. The number of aliphatic imine (C=N–C) groups is 1. The SMILES string of the molecule is C=CCNC(=NC)NCC1CCc2nnc(C)n2C1. The smallest absolute Gasteiger partial charge is 0.191 e. The zero-order chi connectivity index (χ0) is 13.7. The van der Waals surface area contributed by atoms with Crippen molar-refractivity contribution in [2.24, 2.45) is 10.9 Å². The number of fused-ring (bicyclic) bond motifs is 1. The molecular formula is C13H22N6. The summed E-state index contributed by atoms with van der Waals surface area (Å²) in [5.74, 6) is 3.53. The van der Waals surface area contributed by atoms with Crippen molar-refractivity contribution < 1.29 is 0 Å². The summed E-state index contributed by atoms with van der Waals surface area (Å²) >= 11 is 0. The zero-order valence-corrected chi connectivity index (χ0v) is 11.7. The highest BCUT2D eigenvalue weighted by molar-refractivity contribution is 5.79. The van der Waals surface area contributed by atoms with Gasteiger partial charge in [-0.1, -0.05) is 6.08 Å². The Kier molecular flexibility index (Phi) is 4.54. The van der Waals surface area contributed by atoms with E-state index in [4.69, 9.17) is 0 Å². The lowest BCUT2D eigenvalue weighted by Gasteiger charge is -2.24. The van der Waals surface area contributed by atoms with Gasteiger partial charge in [0.15, 0.2) is 5.96 Å². The van der Waals surface area contributed by atoms with Crippen molar-refractivity contribution in [2.75, 3.05) is 20.1 Å². The second-order valence-corrected chi connectivity index (χ2v) is 4.80. The van der Waals surface area contributed by atoms with Crippen molar-refractivity contribution in [3.8, 4) is 0 Å². The van der Waals surface area contributed by atoms with Gasteiger partial charge in [0.2, 0.25) is 0 Å². The first kappa shape index (κ1) is 13.6. The Labute approximate surface area is 114 Å². The van der Waals surface area contributed by atoms with Crippen LogP contribution in [-0.2, 0) is 13.0 Å². The molecule has 6 nitrogen and oxygen atoms in total. The second kappa shape index (κ2) is 6.36. The molecule has 0 saturated heterocycles. The van der Waals surface area contributed by atoms with E-state index in [-0.39, 0.29) is 0 Å². The van der Waals surface area contributed by atoms with E-state index in [0.29, 0.717) is 5.92 Å². The van der Waals surface area contributed by atoms with Crippen LogP contribution < -0.4 is 10.6 Å². The van der Waals surface area contributed by atoms with E-state index in [2.05, 4.69) is 37.0 Å². The molecule has 2 heterocycles. The Morgan fingerprint density at radius 2 is 2.37 bits per heavy atom. The third-order valence-corrected chi connectivity index (χ3v) is 3.42. The molecule has 0 amide bonds. The van der Waals surface area contributed by atoms with E-state index in [0.717, 1.165) is 50.1 Å². The average Bonchev–Trinajstić information content (AvgIpc) is 2.80. The maximum absolute atomic E-state index is 4.19. The van der Waals surface area contributed by atoms with E-state index in [1.54, 1.807) is 7.05 Å². The van der Waals surface area contributed by atoms with Crippen LogP contribution in [0.4, 0.5) is 0 Å². The fourth-order valence-electron chi connectivity index (χ4n) is 2.33. The van der Waals surface area contributed by atoms with Crippen LogP contribution in [0.25, 0.3) is 0 Å². The molecule has 0 fully saturated rings. The molecule has 104 valence electrons. The Morgan fingerprint density at radius 1 is 1.53 bits per heavy atom. The highest BCUT2D eigenvalue weighted by atomic mass is 15.3. The quantitative estimate of drug-likeness (QED) is 0.471. The molecule has 1 unspecified atom stereocenters. The zero-order valence-electron chi connectivity index (χ0n) is 11.7. The first-order valence-electron chi connectivity index (χ1n) is 6.68. The van der Waals surface area contributed by atoms with Crippen LogP contribution in [0.5, 0.6) is 0 Å². The Hall–Kier alpha value is -1.85. The van der Waals surface area contributed by atoms with Crippen LogP contribution in [0.3, 0.4) is 0 Å². The highest BCUT2D eigenvalue weighted by Crippen LogP contribution is 2.18.